The molecule has 1 atom stereocenters. The van der Waals surface area contributed by atoms with Gasteiger partial charge in [0.15, 0.2) is 0 Å². The number of carbonyl (C=O) groups is 1. The second-order valence-electron chi connectivity index (χ2n) is 3.29. The molecule has 0 aliphatic carbocycles. The van der Waals surface area contributed by atoms with Crippen molar-refractivity contribution in [1.29, 1.82) is 0 Å². The summed E-state index contributed by atoms with van der Waals surface area (Å²) in [6.45, 7) is 1.41. The summed E-state index contributed by atoms with van der Waals surface area (Å²) < 4.78 is 10.8. The third kappa shape index (κ3) is 2.12. The second kappa shape index (κ2) is 4.24. The molecule has 74 valence electrons. The average Bonchev–Trinajstić information content (AvgIpc) is 2.71. The summed E-state index contributed by atoms with van der Waals surface area (Å²) in [5.74, 6) is 0.741. The Hall–Kier alpha value is -1.35. The van der Waals surface area contributed by atoms with Crippen molar-refractivity contribution in [1.82, 2.24) is 0 Å². The molecule has 0 bridgehead atoms. The van der Waals surface area contributed by atoms with E-state index in [0.717, 1.165) is 25.1 Å². The lowest BCUT2D eigenvalue weighted by atomic mass is 10.2. The van der Waals surface area contributed by atoms with Gasteiger partial charge in [0.1, 0.15) is 18.1 Å². The number of benzene rings is 1. The Kier molecular flexibility index (Phi) is 2.79. The molecule has 1 heterocycles. The minimum Gasteiger partial charge on any atom is -0.488 e. The van der Waals surface area contributed by atoms with Crippen molar-refractivity contribution in [3.63, 3.8) is 0 Å². The Morgan fingerprint density at radius 1 is 1.50 bits per heavy atom. The fourth-order valence-electron chi connectivity index (χ4n) is 1.46. The second-order valence-corrected chi connectivity index (χ2v) is 3.29. The smallest absolute Gasteiger partial charge is 0.150 e. The van der Waals surface area contributed by atoms with E-state index < -0.39 is 0 Å². The average molecular weight is 192 g/mol. The van der Waals surface area contributed by atoms with Crippen molar-refractivity contribution >= 4 is 6.29 Å². The van der Waals surface area contributed by atoms with Crippen LogP contribution in [0.15, 0.2) is 24.3 Å². The molecular weight excluding hydrogens is 180 g/mol. The standard InChI is InChI=1S/C11H12O3/c12-7-9-2-1-3-10(6-9)14-11-4-5-13-8-11/h1-3,6-7,11H,4-5,8H2/t11-/m0/s1. The third-order valence-electron chi connectivity index (χ3n) is 2.18. The van der Waals surface area contributed by atoms with Crippen LogP contribution in [-0.2, 0) is 4.74 Å². The first-order valence-electron chi connectivity index (χ1n) is 4.68. The van der Waals surface area contributed by atoms with Crippen molar-refractivity contribution in [3.8, 4) is 5.75 Å². The van der Waals surface area contributed by atoms with Gasteiger partial charge in [0.2, 0.25) is 0 Å². The zero-order chi connectivity index (χ0) is 9.80. The van der Waals surface area contributed by atoms with Crippen LogP contribution in [0.25, 0.3) is 0 Å². The van der Waals surface area contributed by atoms with Gasteiger partial charge in [-0.05, 0) is 12.1 Å². The van der Waals surface area contributed by atoms with Crippen LogP contribution in [0.1, 0.15) is 16.8 Å². The number of aldehydes is 1. The zero-order valence-corrected chi connectivity index (χ0v) is 7.81. The quantitative estimate of drug-likeness (QED) is 0.683. The van der Waals surface area contributed by atoms with Crippen LogP contribution in [0.4, 0.5) is 0 Å². The normalized spacial score (nSPS) is 20.7. The first kappa shape index (κ1) is 9.21. The molecule has 14 heavy (non-hydrogen) atoms. The SMILES string of the molecule is O=Cc1cccc(O[C@H]2CCOC2)c1. The molecule has 1 aliphatic rings. The molecular formula is C11H12O3. The Balaban J connectivity index is 2.04. The first-order valence-corrected chi connectivity index (χ1v) is 4.68. The van der Waals surface area contributed by atoms with Gasteiger partial charge >= 0.3 is 0 Å². The number of rotatable bonds is 3. The molecule has 3 nitrogen and oxygen atoms in total. The maximum Gasteiger partial charge on any atom is 0.150 e. The van der Waals surface area contributed by atoms with E-state index in [1.54, 1.807) is 12.1 Å². The van der Waals surface area contributed by atoms with Crippen LogP contribution < -0.4 is 4.74 Å². The van der Waals surface area contributed by atoms with Crippen LogP contribution in [-0.4, -0.2) is 25.6 Å². The van der Waals surface area contributed by atoms with Gasteiger partial charge in [-0.15, -0.1) is 0 Å². The van der Waals surface area contributed by atoms with Gasteiger partial charge in [-0.1, -0.05) is 12.1 Å². The summed E-state index contributed by atoms with van der Waals surface area (Å²) in [4.78, 5) is 10.5. The minimum atomic E-state index is 0.136. The van der Waals surface area contributed by atoms with Crippen molar-refractivity contribution in [3.05, 3.63) is 29.8 Å². The molecule has 3 heteroatoms. The highest BCUT2D eigenvalue weighted by Crippen LogP contribution is 2.17. The lowest BCUT2D eigenvalue weighted by molar-refractivity contribution is 0.112. The monoisotopic (exact) mass is 192 g/mol. The molecule has 0 aromatic heterocycles. The molecule has 1 aliphatic heterocycles. The Bertz CT molecular complexity index is 316. The van der Waals surface area contributed by atoms with Crippen LogP contribution in [0.3, 0.4) is 0 Å². The first-order chi connectivity index (χ1) is 6.88. The van der Waals surface area contributed by atoms with E-state index in [0.29, 0.717) is 12.2 Å². The molecule has 0 unspecified atom stereocenters. The van der Waals surface area contributed by atoms with Gasteiger partial charge in [-0.2, -0.15) is 0 Å². The fraction of sp³-hybridized carbons (Fsp3) is 0.364. The zero-order valence-electron chi connectivity index (χ0n) is 7.81. The highest BCUT2D eigenvalue weighted by Gasteiger charge is 2.16. The molecule has 1 fully saturated rings. The van der Waals surface area contributed by atoms with Gasteiger partial charge in [0.05, 0.1) is 13.2 Å². The highest BCUT2D eigenvalue weighted by molar-refractivity contribution is 5.75. The van der Waals surface area contributed by atoms with Crippen LogP contribution in [0.2, 0.25) is 0 Å². The van der Waals surface area contributed by atoms with Gasteiger partial charge in [-0.3, -0.25) is 4.79 Å². The summed E-state index contributed by atoms with van der Waals surface area (Å²) in [7, 11) is 0. The molecule has 0 saturated carbocycles. The largest absolute Gasteiger partial charge is 0.488 e. The summed E-state index contributed by atoms with van der Waals surface area (Å²) >= 11 is 0. The topological polar surface area (TPSA) is 35.5 Å². The van der Waals surface area contributed by atoms with Crippen LogP contribution in [0.5, 0.6) is 5.75 Å². The van der Waals surface area contributed by atoms with E-state index in [1.807, 2.05) is 12.1 Å². The van der Waals surface area contributed by atoms with E-state index in [4.69, 9.17) is 9.47 Å². The van der Waals surface area contributed by atoms with Crippen molar-refractivity contribution in [2.24, 2.45) is 0 Å². The molecule has 1 aromatic carbocycles. The highest BCUT2D eigenvalue weighted by atomic mass is 16.5. The lowest BCUT2D eigenvalue weighted by Gasteiger charge is -2.11. The van der Waals surface area contributed by atoms with E-state index in [2.05, 4.69) is 0 Å². The van der Waals surface area contributed by atoms with E-state index >= 15 is 0 Å². The van der Waals surface area contributed by atoms with E-state index in [9.17, 15) is 4.79 Å². The van der Waals surface area contributed by atoms with E-state index in [-0.39, 0.29) is 6.10 Å². The van der Waals surface area contributed by atoms with Crippen molar-refractivity contribution in [2.45, 2.75) is 12.5 Å². The van der Waals surface area contributed by atoms with Crippen molar-refractivity contribution < 1.29 is 14.3 Å². The predicted molar refractivity (Wildman–Crippen MR) is 51.7 cm³/mol. The summed E-state index contributed by atoms with van der Waals surface area (Å²) in [5.41, 5.74) is 0.640. The summed E-state index contributed by atoms with van der Waals surface area (Å²) in [6, 6.07) is 7.16. The van der Waals surface area contributed by atoms with Gasteiger partial charge in [0.25, 0.3) is 0 Å². The van der Waals surface area contributed by atoms with E-state index in [1.165, 1.54) is 0 Å². The molecule has 2 rings (SSSR count). The fourth-order valence-corrected chi connectivity index (χ4v) is 1.46. The molecule has 1 aromatic rings. The lowest BCUT2D eigenvalue weighted by Crippen LogP contribution is -2.15. The van der Waals surface area contributed by atoms with Gasteiger partial charge in [0, 0.05) is 12.0 Å². The number of hydrogen-bond acceptors (Lipinski definition) is 3. The van der Waals surface area contributed by atoms with Crippen molar-refractivity contribution in [2.75, 3.05) is 13.2 Å². The van der Waals surface area contributed by atoms with Gasteiger partial charge < -0.3 is 9.47 Å². The maximum atomic E-state index is 10.5. The Labute approximate surface area is 82.6 Å². The molecule has 0 amide bonds. The van der Waals surface area contributed by atoms with Crippen LogP contribution in [0, 0.1) is 0 Å². The number of carbonyl (C=O) groups excluding carboxylic acids is 1. The summed E-state index contributed by atoms with van der Waals surface area (Å²) in [5, 5.41) is 0. The summed E-state index contributed by atoms with van der Waals surface area (Å²) in [6.07, 6.45) is 1.88. The molecule has 0 N–H and O–H groups in total. The predicted octanol–water partition coefficient (Wildman–Crippen LogP) is 1.67. The third-order valence-corrected chi connectivity index (χ3v) is 2.18. The Morgan fingerprint density at radius 2 is 2.43 bits per heavy atom. The van der Waals surface area contributed by atoms with Gasteiger partial charge in [-0.25, -0.2) is 0 Å². The maximum absolute atomic E-state index is 10.5. The Morgan fingerprint density at radius 3 is 3.14 bits per heavy atom. The molecule has 0 radical (unpaired) electrons. The minimum absolute atomic E-state index is 0.136. The number of hydrogen-bond donors (Lipinski definition) is 0. The molecule has 0 spiro atoms. The van der Waals surface area contributed by atoms with Crippen LogP contribution >= 0.6 is 0 Å². The number of ether oxygens (including phenoxy) is 2. The molecule has 1 saturated heterocycles.